The van der Waals surface area contributed by atoms with E-state index in [9.17, 15) is 15.3 Å². The van der Waals surface area contributed by atoms with Gasteiger partial charge in [0, 0.05) is 5.56 Å². The molecule has 1 heterocycles. The summed E-state index contributed by atoms with van der Waals surface area (Å²) in [6, 6.07) is 4.65. The van der Waals surface area contributed by atoms with Gasteiger partial charge in [-0.05, 0) is 37.5 Å². The zero-order valence-electron chi connectivity index (χ0n) is 9.63. The molecule has 0 fully saturated rings. The van der Waals surface area contributed by atoms with Crippen LogP contribution in [0.15, 0.2) is 18.2 Å². The van der Waals surface area contributed by atoms with Crippen LogP contribution in [0.5, 0.6) is 11.5 Å². The monoisotopic (exact) mass is 263 g/mol. The van der Waals surface area contributed by atoms with E-state index >= 15 is 0 Å². The highest BCUT2D eigenvalue weighted by Gasteiger charge is 2.23. The summed E-state index contributed by atoms with van der Waals surface area (Å²) in [5.74, 6) is -0.290. The molecule has 0 saturated heterocycles. The minimum absolute atomic E-state index is 0.139. The number of aryl methyl sites for hydroxylation is 1. The van der Waals surface area contributed by atoms with Gasteiger partial charge in [-0.15, -0.1) is 11.3 Å². The minimum Gasteiger partial charge on any atom is -0.504 e. The predicted octanol–water partition coefficient (Wildman–Crippen LogP) is 2.59. The molecule has 0 saturated carbocycles. The Morgan fingerprint density at radius 3 is 2.78 bits per heavy atom. The molecule has 5 heteroatoms. The van der Waals surface area contributed by atoms with Gasteiger partial charge in [0.05, 0.1) is 16.7 Å². The Morgan fingerprint density at radius 2 is 2.06 bits per heavy atom. The van der Waals surface area contributed by atoms with E-state index in [4.69, 9.17) is 0 Å². The lowest BCUT2D eigenvalue weighted by molar-refractivity contribution is 0.160. The van der Waals surface area contributed by atoms with E-state index in [2.05, 4.69) is 4.98 Å². The maximum atomic E-state index is 9.90. The Morgan fingerprint density at radius 1 is 1.22 bits per heavy atom. The lowest BCUT2D eigenvalue weighted by Gasteiger charge is -2.14. The van der Waals surface area contributed by atoms with Crippen molar-refractivity contribution in [2.75, 3.05) is 0 Å². The first-order valence-electron chi connectivity index (χ1n) is 5.85. The smallest absolute Gasteiger partial charge is 0.158 e. The van der Waals surface area contributed by atoms with E-state index in [-0.39, 0.29) is 11.5 Å². The lowest BCUT2D eigenvalue weighted by Crippen LogP contribution is -2.06. The average molecular weight is 263 g/mol. The fourth-order valence-corrected chi connectivity index (χ4v) is 3.31. The van der Waals surface area contributed by atoms with Crippen LogP contribution >= 0.6 is 11.3 Å². The molecule has 0 amide bonds. The van der Waals surface area contributed by atoms with Crippen LogP contribution in [0.1, 0.15) is 29.5 Å². The fraction of sp³-hybridized carbons (Fsp3) is 0.308. The predicted molar refractivity (Wildman–Crippen MR) is 68.8 cm³/mol. The van der Waals surface area contributed by atoms with Crippen molar-refractivity contribution in [2.24, 2.45) is 0 Å². The molecule has 1 unspecified atom stereocenters. The van der Waals surface area contributed by atoms with E-state index in [1.807, 2.05) is 0 Å². The number of hydrogen-bond donors (Lipinski definition) is 3. The van der Waals surface area contributed by atoms with Crippen molar-refractivity contribution in [1.29, 1.82) is 0 Å². The van der Waals surface area contributed by atoms with Crippen LogP contribution in [-0.4, -0.2) is 20.3 Å². The van der Waals surface area contributed by atoms with Gasteiger partial charge in [-0.2, -0.15) is 0 Å². The Labute approximate surface area is 108 Å². The summed E-state index contributed by atoms with van der Waals surface area (Å²) < 4.78 is 0. The molecular formula is C13H13NO3S. The molecule has 4 nitrogen and oxygen atoms in total. The molecule has 18 heavy (non-hydrogen) atoms. The molecule has 3 rings (SSSR count). The van der Waals surface area contributed by atoms with Gasteiger partial charge in [-0.1, -0.05) is 0 Å². The van der Waals surface area contributed by atoms with Crippen molar-refractivity contribution in [3.8, 4) is 22.1 Å². The summed E-state index contributed by atoms with van der Waals surface area (Å²) in [4.78, 5) is 5.44. The lowest BCUT2D eigenvalue weighted by atomic mass is 10.0. The molecule has 0 spiro atoms. The van der Waals surface area contributed by atoms with E-state index in [1.54, 1.807) is 6.07 Å². The second-order valence-electron chi connectivity index (χ2n) is 4.44. The third-order valence-electron chi connectivity index (χ3n) is 3.14. The Bertz CT molecular complexity index is 594. The number of phenolic OH excluding ortho intramolecular Hbond substituents is 2. The van der Waals surface area contributed by atoms with Gasteiger partial charge in [0.1, 0.15) is 5.01 Å². The zero-order chi connectivity index (χ0) is 12.7. The maximum absolute atomic E-state index is 9.90. The van der Waals surface area contributed by atoms with Gasteiger partial charge in [0.25, 0.3) is 0 Å². The fourth-order valence-electron chi connectivity index (χ4n) is 2.18. The molecule has 94 valence electrons. The quantitative estimate of drug-likeness (QED) is 0.691. The molecule has 1 aliphatic carbocycles. The number of benzene rings is 1. The molecule has 2 aromatic rings. The number of rotatable bonds is 1. The topological polar surface area (TPSA) is 73.6 Å². The summed E-state index contributed by atoms with van der Waals surface area (Å²) in [5.41, 5.74) is 1.72. The van der Waals surface area contributed by atoms with E-state index in [0.717, 1.165) is 40.4 Å². The second kappa shape index (κ2) is 4.26. The molecule has 0 radical (unpaired) electrons. The van der Waals surface area contributed by atoms with Crippen LogP contribution in [0, 0.1) is 0 Å². The first-order valence-corrected chi connectivity index (χ1v) is 6.67. The molecular weight excluding hydrogens is 250 g/mol. The Balaban J connectivity index is 2.04. The van der Waals surface area contributed by atoms with Crippen molar-refractivity contribution in [2.45, 2.75) is 25.4 Å². The van der Waals surface area contributed by atoms with Crippen molar-refractivity contribution < 1.29 is 15.3 Å². The van der Waals surface area contributed by atoms with Crippen LogP contribution in [0.2, 0.25) is 0 Å². The van der Waals surface area contributed by atoms with Crippen molar-refractivity contribution in [3.63, 3.8) is 0 Å². The zero-order valence-corrected chi connectivity index (χ0v) is 10.4. The number of fused-ring (bicyclic) bond motifs is 1. The highest BCUT2D eigenvalue weighted by Crippen LogP contribution is 2.39. The van der Waals surface area contributed by atoms with Crippen molar-refractivity contribution >= 4 is 11.3 Å². The summed E-state index contributed by atoms with van der Waals surface area (Å²) in [7, 11) is 0. The summed E-state index contributed by atoms with van der Waals surface area (Å²) in [5, 5.41) is 29.5. The number of thiazole rings is 1. The number of nitrogens with zero attached hydrogens (tertiary/aromatic N) is 1. The third-order valence-corrected chi connectivity index (χ3v) is 4.39. The van der Waals surface area contributed by atoms with Gasteiger partial charge in [-0.25, -0.2) is 4.98 Å². The van der Waals surface area contributed by atoms with Gasteiger partial charge < -0.3 is 15.3 Å². The summed E-state index contributed by atoms with van der Waals surface area (Å²) in [6.45, 7) is 0. The standard InChI is InChI=1S/C13H13NO3S/c15-9-5-4-7(6-11(9)17)13-14-8-2-1-3-10(16)12(8)18-13/h4-6,10,15-17H,1-3H2. The highest BCUT2D eigenvalue weighted by atomic mass is 32.1. The Kier molecular flexibility index (Phi) is 2.72. The molecule has 3 N–H and O–H groups in total. The maximum Gasteiger partial charge on any atom is 0.158 e. The van der Waals surface area contributed by atoms with Crippen LogP contribution in [0.4, 0.5) is 0 Å². The van der Waals surface area contributed by atoms with E-state index in [1.165, 1.54) is 23.5 Å². The minimum atomic E-state index is -0.411. The first kappa shape index (κ1) is 11.5. The number of aromatic nitrogens is 1. The molecule has 0 bridgehead atoms. The SMILES string of the molecule is Oc1ccc(-c2nc3c(s2)C(O)CCC3)cc1O. The Hall–Kier alpha value is -1.59. The van der Waals surface area contributed by atoms with Crippen LogP contribution in [0.3, 0.4) is 0 Å². The van der Waals surface area contributed by atoms with Crippen LogP contribution in [-0.2, 0) is 6.42 Å². The number of aromatic hydroxyl groups is 2. The first-order chi connectivity index (χ1) is 8.65. The number of aliphatic hydroxyl groups excluding tert-OH is 1. The van der Waals surface area contributed by atoms with Gasteiger partial charge in [-0.3, -0.25) is 0 Å². The number of phenols is 2. The average Bonchev–Trinajstić information content (AvgIpc) is 2.78. The third kappa shape index (κ3) is 1.85. The van der Waals surface area contributed by atoms with E-state index < -0.39 is 6.10 Å². The van der Waals surface area contributed by atoms with Crippen LogP contribution < -0.4 is 0 Å². The van der Waals surface area contributed by atoms with Gasteiger partial charge in [0.2, 0.25) is 0 Å². The van der Waals surface area contributed by atoms with Crippen LogP contribution in [0.25, 0.3) is 10.6 Å². The molecule has 0 aliphatic heterocycles. The number of aliphatic hydroxyl groups is 1. The van der Waals surface area contributed by atoms with E-state index in [0.29, 0.717) is 0 Å². The summed E-state index contributed by atoms with van der Waals surface area (Å²) >= 11 is 1.46. The summed E-state index contributed by atoms with van der Waals surface area (Å²) in [6.07, 6.45) is 2.23. The molecule has 1 aliphatic rings. The normalized spacial score (nSPS) is 18.6. The van der Waals surface area contributed by atoms with Crippen molar-refractivity contribution in [3.05, 3.63) is 28.8 Å². The molecule has 1 aromatic heterocycles. The molecule has 1 atom stereocenters. The van der Waals surface area contributed by atoms with Crippen molar-refractivity contribution in [1.82, 2.24) is 4.98 Å². The largest absolute Gasteiger partial charge is 0.504 e. The second-order valence-corrected chi connectivity index (χ2v) is 5.47. The van der Waals surface area contributed by atoms with Gasteiger partial charge in [0.15, 0.2) is 11.5 Å². The highest BCUT2D eigenvalue weighted by molar-refractivity contribution is 7.15. The number of hydrogen-bond acceptors (Lipinski definition) is 5. The van der Waals surface area contributed by atoms with Gasteiger partial charge >= 0.3 is 0 Å². The molecule has 1 aromatic carbocycles.